The first-order valence-electron chi connectivity index (χ1n) is 5.24. The summed E-state index contributed by atoms with van der Waals surface area (Å²) in [7, 11) is 0. The Bertz CT molecular complexity index is 355. The Morgan fingerprint density at radius 3 is 2.88 bits per heavy atom. The summed E-state index contributed by atoms with van der Waals surface area (Å²) in [5.74, 6) is 0.826. The predicted molar refractivity (Wildman–Crippen MR) is 53.8 cm³/mol. The highest BCUT2D eigenvalue weighted by Gasteiger charge is 2.08. The number of rotatable bonds is 8. The van der Waals surface area contributed by atoms with Crippen LogP contribution in [-0.2, 0) is 22.4 Å². The second-order valence-corrected chi connectivity index (χ2v) is 3.52. The Morgan fingerprint density at radius 2 is 2.24 bits per heavy atom. The normalized spacial score (nSPS) is 11.1. The Labute approximate surface area is 97.1 Å². The van der Waals surface area contributed by atoms with E-state index in [0.29, 0.717) is 31.0 Å². The van der Waals surface area contributed by atoms with Gasteiger partial charge < -0.3 is 14.1 Å². The van der Waals surface area contributed by atoms with Crippen LogP contribution in [0.15, 0.2) is 4.52 Å². The third-order valence-corrected chi connectivity index (χ3v) is 1.91. The van der Waals surface area contributed by atoms with Crippen molar-refractivity contribution in [2.45, 2.75) is 32.6 Å². The van der Waals surface area contributed by atoms with Gasteiger partial charge in [-0.3, -0.25) is 0 Å². The molecule has 0 radical (unpaired) electrons. The molecule has 5 nitrogen and oxygen atoms in total. The highest BCUT2D eigenvalue weighted by molar-refractivity contribution is 5.75. The van der Waals surface area contributed by atoms with Crippen molar-refractivity contribution >= 4 is 5.78 Å². The predicted octanol–water partition coefficient (Wildman–Crippen LogP) is 1.42. The van der Waals surface area contributed by atoms with E-state index in [4.69, 9.17) is 4.52 Å². The van der Waals surface area contributed by atoms with Crippen molar-refractivity contribution in [3.05, 3.63) is 11.7 Å². The van der Waals surface area contributed by atoms with Gasteiger partial charge in [0.15, 0.2) is 5.82 Å². The maximum absolute atomic E-state index is 11.7. The van der Waals surface area contributed by atoms with Gasteiger partial charge in [-0.05, 0) is 6.92 Å². The number of ketones is 1. The van der Waals surface area contributed by atoms with Gasteiger partial charge in [0.1, 0.15) is 12.4 Å². The Morgan fingerprint density at radius 1 is 1.47 bits per heavy atom. The fraction of sp³-hybridized carbons (Fsp3) is 0.700. The number of hydrogen-bond donors (Lipinski definition) is 0. The molecular formula is C10H14F2N2O3. The first kappa shape index (κ1) is 13.7. The number of alkyl halides is 2. The van der Waals surface area contributed by atoms with Crippen LogP contribution in [0.3, 0.4) is 0 Å². The van der Waals surface area contributed by atoms with Gasteiger partial charge in [0.25, 0.3) is 6.43 Å². The van der Waals surface area contributed by atoms with Crippen LogP contribution in [0.4, 0.5) is 8.78 Å². The fourth-order valence-electron chi connectivity index (χ4n) is 1.11. The summed E-state index contributed by atoms with van der Waals surface area (Å²) in [4.78, 5) is 14.7. The molecule has 0 fully saturated rings. The zero-order chi connectivity index (χ0) is 12.7. The topological polar surface area (TPSA) is 65.2 Å². The molecule has 0 saturated carbocycles. The molecule has 0 unspecified atom stereocenters. The summed E-state index contributed by atoms with van der Waals surface area (Å²) in [6.45, 7) is 1.01. The molecule has 0 bridgehead atoms. The van der Waals surface area contributed by atoms with E-state index in [-0.39, 0.29) is 12.4 Å². The van der Waals surface area contributed by atoms with Gasteiger partial charge in [-0.1, -0.05) is 5.16 Å². The van der Waals surface area contributed by atoms with Gasteiger partial charge in [-0.15, -0.1) is 0 Å². The van der Waals surface area contributed by atoms with Crippen molar-refractivity contribution in [2.75, 3.05) is 13.2 Å². The van der Waals surface area contributed by atoms with E-state index in [0.717, 1.165) is 0 Å². The lowest BCUT2D eigenvalue weighted by Gasteiger charge is -1.99. The molecule has 0 aliphatic rings. The van der Waals surface area contributed by atoms with Crippen molar-refractivity contribution in [3.8, 4) is 0 Å². The summed E-state index contributed by atoms with van der Waals surface area (Å²) in [6, 6.07) is 0. The lowest BCUT2D eigenvalue weighted by atomic mass is 10.2. The number of aromatic nitrogens is 2. The van der Waals surface area contributed by atoms with Crippen LogP contribution >= 0.6 is 0 Å². The number of nitrogens with zero attached hydrogens (tertiary/aromatic N) is 2. The largest absolute Gasteiger partial charge is 0.375 e. The maximum atomic E-state index is 11.7. The Kier molecular flexibility index (Phi) is 5.68. The van der Waals surface area contributed by atoms with Crippen LogP contribution in [-0.4, -0.2) is 35.6 Å². The van der Waals surface area contributed by atoms with E-state index in [1.807, 2.05) is 0 Å². The molecule has 0 aliphatic heterocycles. The molecule has 0 amide bonds. The molecular weight excluding hydrogens is 234 g/mol. The fourth-order valence-corrected chi connectivity index (χ4v) is 1.11. The van der Waals surface area contributed by atoms with E-state index in [9.17, 15) is 13.6 Å². The maximum Gasteiger partial charge on any atom is 0.261 e. The Hall–Kier alpha value is -1.37. The van der Waals surface area contributed by atoms with E-state index >= 15 is 0 Å². The number of carbonyl (C=O) groups is 1. The molecule has 96 valence electrons. The van der Waals surface area contributed by atoms with E-state index < -0.39 is 13.0 Å². The lowest BCUT2D eigenvalue weighted by Crippen LogP contribution is -2.07. The van der Waals surface area contributed by atoms with Crippen LogP contribution in [0, 0.1) is 0 Å². The van der Waals surface area contributed by atoms with Crippen molar-refractivity contribution < 1.29 is 22.8 Å². The minimum atomic E-state index is -2.47. The van der Waals surface area contributed by atoms with Crippen LogP contribution in [0.5, 0.6) is 0 Å². The number of Topliss-reactive ketones (excluding diaryl/α,β-unsaturated/α-hetero) is 1. The first-order valence-corrected chi connectivity index (χ1v) is 5.24. The summed E-state index contributed by atoms with van der Waals surface area (Å²) < 4.78 is 33.0. The van der Waals surface area contributed by atoms with Gasteiger partial charge in [-0.2, -0.15) is 4.98 Å². The van der Waals surface area contributed by atoms with Crippen LogP contribution in [0.25, 0.3) is 0 Å². The first-order chi connectivity index (χ1) is 8.08. The summed E-state index contributed by atoms with van der Waals surface area (Å²) >= 11 is 0. The SMILES string of the molecule is CC(=O)CCc1nc(CCOCC(F)F)no1. The van der Waals surface area contributed by atoms with Gasteiger partial charge in [0.2, 0.25) is 5.89 Å². The summed E-state index contributed by atoms with van der Waals surface area (Å²) in [6.07, 6.45) is -1.40. The van der Waals surface area contributed by atoms with Crippen LogP contribution < -0.4 is 0 Å². The quantitative estimate of drug-likeness (QED) is 0.651. The second kappa shape index (κ2) is 7.05. The van der Waals surface area contributed by atoms with E-state index in [2.05, 4.69) is 14.9 Å². The average Bonchev–Trinajstić information content (AvgIpc) is 2.69. The molecule has 1 rings (SSSR count). The number of halogens is 2. The minimum Gasteiger partial charge on any atom is -0.375 e. The van der Waals surface area contributed by atoms with Crippen molar-refractivity contribution in [2.24, 2.45) is 0 Å². The highest BCUT2D eigenvalue weighted by atomic mass is 19.3. The molecule has 0 N–H and O–H groups in total. The third-order valence-electron chi connectivity index (χ3n) is 1.91. The van der Waals surface area contributed by atoms with Crippen LogP contribution in [0.1, 0.15) is 25.1 Å². The second-order valence-electron chi connectivity index (χ2n) is 3.52. The van der Waals surface area contributed by atoms with Gasteiger partial charge >= 0.3 is 0 Å². The molecule has 0 atom stereocenters. The molecule has 0 saturated heterocycles. The zero-order valence-electron chi connectivity index (χ0n) is 9.49. The number of ether oxygens (including phenoxy) is 1. The van der Waals surface area contributed by atoms with Crippen molar-refractivity contribution in [1.29, 1.82) is 0 Å². The molecule has 17 heavy (non-hydrogen) atoms. The van der Waals surface area contributed by atoms with Gasteiger partial charge in [0.05, 0.1) is 6.61 Å². The van der Waals surface area contributed by atoms with E-state index in [1.165, 1.54) is 6.92 Å². The zero-order valence-corrected chi connectivity index (χ0v) is 9.49. The average molecular weight is 248 g/mol. The minimum absolute atomic E-state index is 0.0463. The molecule has 0 spiro atoms. The molecule has 1 aromatic rings. The van der Waals surface area contributed by atoms with Crippen molar-refractivity contribution in [3.63, 3.8) is 0 Å². The standard InChI is InChI=1S/C10H14F2N2O3/c1-7(15)2-3-10-13-9(14-17-10)4-5-16-6-8(11)12/h8H,2-6H2,1H3. The van der Waals surface area contributed by atoms with Gasteiger partial charge in [-0.25, -0.2) is 8.78 Å². The lowest BCUT2D eigenvalue weighted by molar-refractivity contribution is -0.117. The number of aryl methyl sites for hydroxylation is 1. The smallest absolute Gasteiger partial charge is 0.261 e. The van der Waals surface area contributed by atoms with Gasteiger partial charge in [0, 0.05) is 19.3 Å². The summed E-state index contributed by atoms with van der Waals surface area (Å²) in [5.41, 5.74) is 0. The molecule has 0 aliphatic carbocycles. The third kappa shape index (κ3) is 6.06. The summed E-state index contributed by atoms with van der Waals surface area (Å²) in [5, 5.41) is 3.65. The monoisotopic (exact) mass is 248 g/mol. The number of hydrogen-bond acceptors (Lipinski definition) is 5. The van der Waals surface area contributed by atoms with Crippen LogP contribution in [0.2, 0.25) is 0 Å². The molecule has 1 aromatic heterocycles. The van der Waals surface area contributed by atoms with E-state index in [1.54, 1.807) is 0 Å². The number of carbonyl (C=O) groups excluding carboxylic acids is 1. The Balaban J connectivity index is 2.23. The molecule has 7 heteroatoms. The molecule has 1 heterocycles. The highest BCUT2D eigenvalue weighted by Crippen LogP contribution is 2.02. The van der Waals surface area contributed by atoms with Crippen molar-refractivity contribution in [1.82, 2.24) is 10.1 Å². The molecule has 0 aromatic carbocycles.